The van der Waals surface area contributed by atoms with E-state index >= 15 is 0 Å². The maximum absolute atomic E-state index is 11.9. The van der Waals surface area contributed by atoms with Gasteiger partial charge in [0, 0.05) is 11.3 Å². The predicted molar refractivity (Wildman–Crippen MR) is 71.6 cm³/mol. The van der Waals surface area contributed by atoms with Gasteiger partial charge in [0.2, 0.25) is 11.8 Å². The normalized spacial score (nSPS) is 17.7. The Labute approximate surface area is 115 Å². The number of nitrogens with two attached hydrogens (primary N) is 1. The van der Waals surface area contributed by atoms with Crippen molar-refractivity contribution >= 4 is 23.5 Å². The summed E-state index contributed by atoms with van der Waals surface area (Å²) >= 11 is 0. The molecule has 1 heterocycles. The van der Waals surface area contributed by atoms with Gasteiger partial charge in [0.05, 0.1) is 11.6 Å². The van der Waals surface area contributed by atoms with Gasteiger partial charge in [-0.15, -0.1) is 0 Å². The van der Waals surface area contributed by atoms with Gasteiger partial charge >= 0.3 is 5.97 Å². The van der Waals surface area contributed by atoms with E-state index in [1.165, 1.54) is 18.2 Å². The van der Waals surface area contributed by atoms with Gasteiger partial charge < -0.3 is 21.5 Å². The lowest BCUT2D eigenvalue weighted by atomic mass is 10.1. The van der Waals surface area contributed by atoms with E-state index in [1.54, 1.807) is 0 Å². The highest BCUT2D eigenvalue weighted by Crippen LogP contribution is 2.16. The third-order valence-electron chi connectivity index (χ3n) is 3.11. The van der Waals surface area contributed by atoms with Crippen molar-refractivity contribution in [2.24, 2.45) is 5.73 Å². The lowest BCUT2D eigenvalue weighted by molar-refractivity contribution is -0.117. The monoisotopic (exact) mass is 277 g/mol. The van der Waals surface area contributed by atoms with Gasteiger partial charge in [0.15, 0.2) is 0 Å². The summed E-state index contributed by atoms with van der Waals surface area (Å²) in [5.41, 5.74) is 5.34. The Morgan fingerprint density at radius 1 is 1.25 bits per heavy atom. The summed E-state index contributed by atoms with van der Waals surface area (Å²) in [7, 11) is 0. The van der Waals surface area contributed by atoms with Gasteiger partial charge in [-0.1, -0.05) is 0 Å². The second-order valence-corrected chi connectivity index (χ2v) is 4.61. The Morgan fingerprint density at radius 2 is 1.95 bits per heavy atom. The second kappa shape index (κ2) is 5.70. The van der Waals surface area contributed by atoms with Crippen molar-refractivity contribution in [3.63, 3.8) is 0 Å². The molecule has 1 aromatic rings. The summed E-state index contributed by atoms with van der Waals surface area (Å²) in [4.78, 5) is 34.1. The van der Waals surface area contributed by atoms with E-state index in [2.05, 4.69) is 10.6 Å². The minimum absolute atomic E-state index is 0.0413. The third-order valence-corrected chi connectivity index (χ3v) is 3.11. The number of carbonyl (C=O) groups excluding carboxylic acids is 2. The Hall–Kier alpha value is -2.41. The molecule has 1 fully saturated rings. The number of anilines is 1. The standard InChI is InChI=1S/C13H15N3O4/c14-11(17)7-4-8(13(19)20)6-9(5-7)16-12(18)10-2-1-3-15-10/h4-6,10,15H,1-3H2,(H2,14,17)(H,16,18)(H,19,20). The van der Waals surface area contributed by atoms with Crippen LogP contribution in [0.4, 0.5) is 5.69 Å². The number of carboxylic acids is 1. The van der Waals surface area contributed by atoms with Crippen LogP contribution in [0.3, 0.4) is 0 Å². The number of aromatic carboxylic acids is 1. The number of nitrogens with one attached hydrogen (secondary N) is 2. The highest BCUT2D eigenvalue weighted by molar-refractivity contribution is 6.01. The van der Waals surface area contributed by atoms with Gasteiger partial charge in [-0.3, -0.25) is 9.59 Å². The molecule has 7 nitrogen and oxygen atoms in total. The molecule has 5 N–H and O–H groups in total. The molecule has 106 valence electrons. The molecule has 20 heavy (non-hydrogen) atoms. The number of benzene rings is 1. The molecule has 1 aliphatic rings. The fourth-order valence-corrected chi connectivity index (χ4v) is 2.10. The Kier molecular flexibility index (Phi) is 3.99. The number of hydrogen-bond acceptors (Lipinski definition) is 4. The number of hydrogen-bond donors (Lipinski definition) is 4. The van der Waals surface area contributed by atoms with Crippen molar-refractivity contribution in [3.05, 3.63) is 29.3 Å². The first-order chi connectivity index (χ1) is 9.47. The largest absolute Gasteiger partial charge is 0.478 e. The van der Waals surface area contributed by atoms with Crippen LogP contribution in [0.15, 0.2) is 18.2 Å². The third kappa shape index (κ3) is 3.12. The van der Waals surface area contributed by atoms with E-state index in [9.17, 15) is 14.4 Å². The number of rotatable bonds is 4. The van der Waals surface area contributed by atoms with Crippen LogP contribution >= 0.6 is 0 Å². The van der Waals surface area contributed by atoms with Gasteiger partial charge in [-0.2, -0.15) is 0 Å². The van der Waals surface area contributed by atoms with Crippen LogP contribution in [-0.2, 0) is 4.79 Å². The molecule has 0 bridgehead atoms. The molecule has 0 aromatic heterocycles. The summed E-state index contributed by atoms with van der Waals surface area (Å²) in [6, 6.07) is 3.54. The first kappa shape index (κ1) is 14.0. The van der Waals surface area contributed by atoms with Crippen molar-refractivity contribution in [3.8, 4) is 0 Å². The van der Waals surface area contributed by atoms with Crippen LogP contribution in [0.2, 0.25) is 0 Å². The SMILES string of the molecule is NC(=O)c1cc(NC(=O)C2CCCN2)cc(C(=O)O)c1. The fourth-order valence-electron chi connectivity index (χ4n) is 2.10. The van der Waals surface area contributed by atoms with Crippen LogP contribution < -0.4 is 16.4 Å². The van der Waals surface area contributed by atoms with Gasteiger partial charge in [-0.25, -0.2) is 4.79 Å². The highest BCUT2D eigenvalue weighted by atomic mass is 16.4. The van der Waals surface area contributed by atoms with Crippen LogP contribution in [0, 0.1) is 0 Å². The van der Waals surface area contributed by atoms with Crippen LogP contribution in [0.1, 0.15) is 33.6 Å². The van der Waals surface area contributed by atoms with Crippen molar-refractivity contribution in [2.75, 3.05) is 11.9 Å². The van der Waals surface area contributed by atoms with Crippen LogP contribution in [-0.4, -0.2) is 35.5 Å². The maximum Gasteiger partial charge on any atom is 0.335 e. The molecule has 0 spiro atoms. The fraction of sp³-hybridized carbons (Fsp3) is 0.308. The zero-order valence-corrected chi connectivity index (χ0v) is 10.7. The minimum atomic E-state index is -1.19. The molecule has 0 radical (unpaired) electrons. The van der Waals surface area contributed by atoms with Crippen molar-refractivity contribution < 1.29 is 19.5 Å². The molecule has 7 heteroatoms. The molecular weight excluding hydrogens is 262 g/mol. The lowest BCUT2D eigenvalue weighted by Gasteiger charge is -2.12. The first-order valence-corrected chi connectivity index (χ1v) is 6.20. The maximum atomic E-state index is 11.9. The summed E-state index contributed by atoms with van der Waals surface area (Å²) < 4.78 is 0. The number of carbonyl (C=O) groups is 3. The molecule has 2 rings (SSSR count). The first-order valence-electron chi connectivity index (χ1n) is 6.20. The average molecular weight is 277 g/mol. The van der Waals surface area contributed by atoms with Crippen molar-refractivity contribution in [2.45, 2.75) is 18.9 Å². The van der Waals surface area contributed by atoms with Gasteiger partial charge in [-0.05, 0) is 37.6 Å². The lowest BCUT2D eigenvalue weighted by Crippen LogP contribution is -2.35. The highest BCUT2D eigenvalue weighted by Gasteiger charge is 2.22. The Bertz CT molecular complexity index is 532. The molecule has 2 amide bonds. The van der Waals surface area contributed by atoms with Crippen LogP contribution in [0.5, 0.6) is 0 Å². The summed E-state index contributed by atoms with van der Waals surface area (Å²) in [6.07, 6.45) is 1.65. The minimum Gasteiger partial charge on any atom is -0.478 e. The topological polar surface area (TPSA) is 122 Å². The molecule has 1 saturated heterocycles. The van der Waals surface area contributed by atoms with Crippen LogP contribution in [0.25, 0.3) is 0 Å². The molecular formula is C13H15N3O4. The quantitative estimate of drug-likeness (QED) is 0.625. The molecule has 1 aliphatic heterocycles. The number of amides is 2. The summed E-state index contributed by atoms with van der Waals surface area (Å²) in [5, 5.41) is 14.6. The van der Waals surface area contributed by atoms with E-state index in [1.807, 2.05) is 0 Å². The molecule has 1 atom stereocenters. The molecule has 0 aliphatic carbocycles. The summed E-state index contributed by atoms with van der Waals surface area (Å²) in [5.74, 6) is -2.19. The second-order valence-electron chi connectivity index (χ2n) is 4.61. The Morgan fingerprint density at radius 3 is 2.50 bits per heavy atom. The van der Waals surface area contributed by atoms with E-state index in [0.29, 0.717) is 0 Å². The van der Waals surface area contributed by atoms with Gasteiger partial charge in [0.25, 0.3) is 0 Å². The van der Waals surface area contributed by atoms with Crippen molar-refractivity contribution in [1.29, 1.82) is 0 Å². The molecule has 0 saturated carbocycles. The molecule has 1 unspecified atom stereocenters. The number of carboxylic acid groups (broad SMARTS) is 1. The van der Waals surface area contributed by atoms with E-state index < -0.39 is 11.9 Å². The van der Waals surface area contributed by atoms with Crippen molar-refractivity contribution in [1.82, 2.24) is 5.32 Å². The van der Waals surface area contributed by atoms with E-state index in [0.717, 1.165) is 19.4 Å². The average Bonchev–Trinajstić information content (AvgIpc) is 2.92. The van der Waals surface area contributed by atoms with E-state index in [-0.39, 0.29) is 28.8 Å². The van der Waals surface area contributed by atoms with E-state index in [4.69, 9.17) is 10.8 Å². The number of primary amides is 1. The predicted octanol–water partition coefficient (Wildman–Crippen LogP) is 0.174. The van der Waals surface area contributed by atoms with Gasteiger partial charge in [0.1, 0.15) is 0 Å². The molecule has 1 aromatic carbocycles. The Balaban J connectivity index is 2.23. The summed E-state index contributed by atoms with van der Waals surface area (Å²) in [6.45, 7) is 0.778. The smallest absolute Gasteiger partial charge is 0.335 e. The zero-order valence-electron chi connectivity index (χ0n) is 10.7. The zero-order chi connectivity index (χ0) is 14.7.